The minimum atomic E-state index is -1.12. The third-order valence-electron chi connectivity index (χ3n) is 2.09. The quantitative estimate of drug-likeness (QED) is 0.409. The van der Waals surface area contributed by atoms with Gasteiger partial charge in [0.15, 0.2) is 0 Å². The van der Waals surface area contributed by atoms with Crippen LogP contribution in [0.5, 0.6) is 0 Å². The van der Waals surface area contributed by atoms with Gasteiger partial charge in [0.1, 0.15) is 5.54 Å². The lowest BCUT2D eigenvalue weighted by Crippen LogP contribution is -2.46. The van der Waals surface area contributed by atoms with Crippen LogP contribution in [-0.4, -0.2) is 18.1 Å². The summed E-state index contributed by atoms with van der Waals surface area (Å²) < 4.78 is 4.89. The number of carbonyl (C=O) groups excluding carboxylic acids is 1. The molecule has 0 fully saturated rings. The Morgan fingerprint density at radius 1 is 1.38 bits per heavy atom. The molecule has 1 unspecified atom stereocenters. The molecular weight excluding hydrogens is 202 g/mol. The number of nitrogens with two attached hydrogens (primary N) is 1. The number of allylic oxidation sites excluding steroid dienone is 3. The standard InChI is InChI=1S/C13H21NO2/c1-4-7-8-9-10-11-13(14,5-2)12(15)16-6-3/h5,7-10H,2,4,6,11,14H2,1,3H3. The Balaban J connectivity index is 4.37. The highest BCUT2D eigenvalue weighted by molar-refractivity contribution is 5.83. The van der Waals surface area contributed by atoms with Crippen LogP contribution in [0.1, 0.15) is 26.7 Å². The highest BCUT2D eigenvalue weighted by atomic mass is 16.5. The van der Waals surface area contributed by atoms with Gasteiger partial charge < -0.3 is 10.5 Å². The number of carbonyl (C=O) groups is 1. The maximum atomic E-state index is 11.5. The van der Waals surface area contributed by atoms with Crippen LogP contribution >= 0.6 is 0 Å². The summed E-state index contributed by atoms with van der Waals surface area (Å²) in [5, 5.41) is 0. The largest absolute Gasteiger partial charge is 0.464 e. The molecule has 0 saturated heterocycles. The maximum Gasteiger partial charge on any atom is 0.330 e. The van der Waals surface area contributed by atoms with Gasteiger partial charge in [-0.05, 0) is 19.8 Å². The minimum Gasteiger partial charge on any atom is -0.464 e. The number of hydrogen-bond donors (Lipinski definition) is 1. The zero-order valence-corrected chi connectivity index (χ0v) is 10.1. The van der Waals surface area contributed by atoms with E-state index in [1.54, 1.807) is 6.92 Å². The van der Waals surface area contributed by atoms with Crippen LogP contribution in [0.2, 0.25) is 0 Å². The van der Waals surface area contributed by atoms with Crippen LogP contribution in [0.15, 0.2) is 37.0 Å². The molecule has 1 atom stereocenters. The van der Waals surface area contributed by atoms with E-state index in [0.717, 1.165) is 6.42 Å². The Morgan fingerprint density at radius 3 is 2.50 bits per heavy atom. The highest BCUT2D eigenvalue weighted by Gasteiger charge is 2.30. The van der Waals surface area contributed by atoms with E-state index >= 15 is 0 Å². The Hall–Kier alpha value is -1.35. The van der Waals surface area contributed by atoms with Crippen molar-refractivity contribution in [3.8, 4) is 0 Å². The summed E-state index contributed by atoms with van der Waals surface area (Å²) in [5.74, 6) is -0.436. The molecule has 0 rings (SSSR count). The zero-order valence-electron chi connectivity index (χ0n) is 10.1. The molecule has 0 aromatic rings. The highest BCUT2D eigenvalue weighted by Crippen LogP contribution is 2.11. The molecule has 0 bridgehead atoms. The van der Waals surface area contributed by atoms with Crippen LogP contribution in [0.3, 0.4) is 0 Å². The van der Waals surface area contributed by atoms with E-state index in [1.807, 2.05) is 24.3 Å². The molecule has 2 N–H and O–H groups in total. The fourth-order valence-electron chi connectivity index (χ4n) is 1.07. The van der Waals surface area contributed by atoms with E-state index in [2.05, 4.69) is 13.5 Å². The van der Waals surface area contributed by atoms with Crippen LogP contribution in [0, 0.1) is 0 Å². The predicted molar refractivity (Wildman–Crippen MR) is 66.9 cm³/mol. The summed E-state index contributed by atoms with van der Waals surface area (Å²) in [6, 6.07) is 0. The molecule has 3 nitrogen and oxygen atoms in total. The van der Waals surface area contributed by atoms with Crippen LogP contribution < -0.4 is 5.73 Å². The van der Waals surface area contributed by atoms with Gasteiger partial charge in [-0.2, -0.15) is 0 Å². The van der Waals surface area contributed by atoms with E-state index in [1.165, 1.54) is 6.08 Å². The second-order valence-corrected chi connectivity index (χ2v) is 3.43. The molecule has 0 heterocycles. The number of rotatable bonds is 7. The summed E-state index contributed by atoms with van der Waals surface area (Å²) in [5.41, 5.74) is 4.76. The van der Waals surface area contributed by atoms with Gasteiger partial charge in [0.25, 0.3) is 0 Å². The van der Waals surface area contributed by atoms with Crippen LogP contribution in [0.4, 0.5) is 0 Å². The lowest BCUT2D eigenvalue weighted by atomic mass is 9.96. The van der Waals surface area contributed by atoms with E-state index in [-0.39, 0.29) is 0 Å². The Kier molecular flexibility index (Phi) is 7.21. The minimum absolute atomic E-state index is 0.324. The van der Waals surface area contributed by atoms with Crippen molar-refractivity contribution in [1.29, 1.82) is 0 Å². The maximum absolute atomic E-state index is 11.5. The normalized spacial score (nSPS) is 15.2. The van der Waals surface area contributed by atoms with Crippen molar-refractivity contribution in [1.82, 2.24) is 0 Å². The molecule has 0 aromatic carbocycles. The summed E-state index contributed by atoms with van der Waals surface area (Å²) in [7, 11) is 0. The molecule has 0 radical (unpaired) electrons. The molecule has 16 heavy (non-hydrogen) atoms. The first-order valence-corrected chi connectivity index (χ1v) is 5.52. The smallest absolute Gasteiger partial charge is 0.330 e. The monoisotopic (exact) mass is 223 g/mol. The number of esters is 1. The fourth-order valence-corrected chi connectivity index (χ4v) is 1.07. The average molecular weight is 223 g/mol. The molecule has 0 aliphatic rings. The van der Waals surface area contributed by atoms with Crippen molar-refractivity contribution in [2.24, 2.45) is 5.73 Å². The molecule has 0 aliphatic carbocycles. The van der Waals surface area contributed by atoms with E-state index in [0.29, 0.717) is 13.0 Å². The molecular formula is C13H21NO2. The summed E-state index contributed by atoms with van der Waals surface area (Å²) >= 11 is 0. The van der Waals surface area contributed by atoms with Gasteiger partial charge in [0.05, 0.1) is 6.61 Å². The third kappa shape index (κ3) is 4.94. The number of hydrogen-bond acceptors (Lipinski definition) is 3. The van der Waals surface area contributed by atoms with Gasteiger partial charge in [-0.1, -0.05) is 37.3 Å². The van der Waals surface area contributed by atoms with Gasteiger partial charge in [0, 0.05) is 0 Å². The molecule has 0 aliphatic heterocycles. The molecule has 3 heteroatoms. The zero-order chi connectivity index (χ0) is 12.4. The molecule has 0 aromatic heterocycles. The second-order valence-electron chi connectivity index (χ2n) is 3.43. The third-order valence-corrected chi connectivity index (χ3v) is 2.09. The van der Waals surface area contributed by atoms with E-state index in [4.69, 9.17) is 10.5 Å². The summed E-state index contributed by atoms with van der Waals surface area (Å²) in [4.78, 5) is 11.5. The fraction of sp³-hybridized carbons (Fsp3) is 0.462. The van der Waals surface area contributed by atoms with Crippen molar-refractivity contribution in [3.05, 3.63) is 37.0 Å². The van der Waals surface area contributed by atoms with Gasteiger partial charge in [0.2, 0.25) is 0 Å². The van der Waals surface area contributed by atoms with Gasteiger partial charge >= 0.3 is 5.97 Å². The summed E-state index contributed by atoms with van der Waals surface area (Å²) in [6.07, 6.45) is 10.5. The SMILES string of the molecule is C=CC(N)(CC=CC=CCC)C(=O)OCC. The average Bonchev–Trinajstić information content (AvgIpc) is 2.28. The lowest BCUT2D eigenvalue weighted by molar-refractivity contribution is -0.147. The Bertz CT molecular complexity index is 282. The van der Waals surface area contributed by atoms with Crippen molar-refractivity contribution in [3.63, 3.8) is 0 Å². The lowest BCUT2D eigenvalue weighted by Gasteiger charge is -2.21. The molecule has 90 valence electrons. The first-order chi connectivity index (χ1) is 7.60. The van der Waals surface area contributed by atoms with E-state index in [9.17, 15) is 4.79 Å². The molecule has 0 amide bonds. The van der Waals surface area contributed by atoms with Gasteiger partial charge in [-0.25, -0.2) is 4.79 Å². The van der Waals surface area contributed by atoms with Crippen LogP contribution in [-0.2, 0) is 9.53 Å². The van der Waals surface area contributed by atoms with Gasteiger partial charge in [-0.3, -0.25) is 0 Å². The van der Waals surface area contributed by atoms with Crippen molar-refractivity contribution >= 4 is 5.97 Å². The van der Waals surface area contributed by atoms with Gasteiger partial charge in [-0.15, -0.1) is 6.58 Å². The summed E-state index contributed by atoms with van der Waals surface area (Å²) in [6.45, 7) is 7.70. The predicted octanol–water partition coefficient (Wildman–Crippen LogP) is 2.35. The Labute approximate surface area is 97.7 Å². The molecule has 0 spiro atoms. The Morgan fingerprint density at radius 2 is 2.00 bits per heavy atom. The first-order valence-electron chi connectivity index (χ1n) is 5.52. The van der Waals surface area contributed by atoms with Crippen LogP contribution in [0.25, 0.3) is 0 Å². The van der Waals surface area contributed by atoms with Crippen molar-refractivity contribution < 1.29 is 9.53 Å². The topological polar surface area (TPSA) is 52.3 Å². The van der Waals surface area contributed by atoms with E-state index < -0.39 is 11.5 Å². The second kappa shape index (κ2) is 7.88. The number of ether oxygens (including phenoxy) is 1. The van der Waals surface area contributed by atoms with Crippen molar-refractivity contribution in [2.45, 2.75) is 32.2 Å². The first kappa shape index (κ1) is 14.6. The van der Waals surface area contributed by atoms with Crippen molar-refractivity contribution in [2.75, 3.05) is 6.61 Å². The molecule has 0 saturated carbocycles.